The van der Waals surface area contributed by atoms with Gasteiger partial charge in [0.1, 0.15) is 16.8 Å². The molecule has 1 aromatic carbocycles. The average Bonchev–Trinajstić information content (AvgIpc) is 2.77. The van der Waals surface area contributed by atoms with Crippen LogP contribution in [0.2, 0.25) is 10.0 Å². The molecular weight excluding hydrogens is 484 g/mol. The number of nitrogens with one attached hydrogen (secondary N) is 1. The van der Waals surface area contributed by atoms with Gasteiger partial charge < -0.3 is 10.1 Å². The summed E-state index contributed by atoms with van der Waals surface area (Å²) in [6.07, 6.45) is -1.92. The van der Waals surface area contributed by atoms with Crippen LogP contribution in [0.15, 0.2) is 47.6 Å². The molecule has 0 spiro atoms. The average molecular weight is 503 g/mol. The highest BCUT2D eigenvalue weighted by Crippen LogP contribution is 2.38. The zero-order valence-corrected chi connectivity index (χ0v) is 19.3. The number of ether oxygens (including phenoxy) is 1. The number of amides is 1. The maximum atomic E-state index is 13.4. The minimum absolute atomic E-state index is 0.0403. The van der Waals surface area contributed by atoms with Crippen molar-refractivity contribution in [2.24, 2.45) is 0 Å². The first-order valence-electron chi connectivity index (χ1n) is 9.29. The molecule has 0 bridgehead atoms. The lowest BCUT2D eigenvalue weighted by molar-refractivity contribution is -0.142. The molecule has 2 rings (SSSR count). The van der Waals surface area contributed by atoms with Crippen LogP contribution in [0.4, 0.5) is 13.2 Å². The molecule has 0 saturated heterocycles. The van der Waals surface area contributed by atoms with Crippen molar-refractivity contribution in [3.8, 4) is 17.6 Å². The van der Waals surface area contributed by atoms with Gasteiger partial charge in [-0.2, -0.15) is 18.4 Å². The summed E-state index contributed by atoms with van der Waals surface area (Å²) in [5.41, 5.74) is -2.71. The summed E-state index contributed by atoms with van der Waals surface area (Å²) in [5.74, 6) is -2.02. The van der Waals surface area contributed by atoms with Crippen LogP contribution in [-0.4, -0.2) is 22.5 Å². The van der Waals surface area contributed by atoms with Crippen molar-refractivity contribution in [3.05, 3.63) is 74.4 Å². The molecule has 0 fully saturated rings. The minimum atomic E-state index is -5.02. The maximum Gasteiger partial charge on any atom is 0.437 e. The molecule has 1 heterocycles. The van der Waals surface area contributed by atoms with Crippen molar-refractivity contribution in [1.82, 2.24) is 14.9 Å². The number of likely N-dealkylation sites (N-methyl/N-ethyl adjacent to an activating group) is 1. The molecule has 33 heavy (non-hydrogen) atoms. The second-order valence-corrected chi connectivity index (χ2v) is 6.75. The fourth-order valence-electron chi connectivity index (χ4n) is 2.25. The molecule has 1 aromatic heterocycles. The van der Waals surface area contributed by atoms with Gasteiger partial charge in [0.2, 0.25) is 11.7 Å². The lowest BCUT2D eigenvalue weighted by Gasteiger charge is -2.15. The van der Waals surface area contributed by atoms with Gasteiger partial charge >= 0.3 is 6.18 Å². The van der Waals surface area contributed by atoms with E-state index in [1.165, 1.54) is 19.2 Å². The number of carbonyl (C=O) groups is 1. The van der Waals surface area contributed by atoms with Crippen molar-refractivity contribution in [2.45, 2.75) is 26.6 Å². The van der Waals surface area contributed by atoms with Crippen molar-refractivity contribution in [2.75, 3.05) is 7.05 Å². The SMILES string of the molecule is C=C(/C=C\C(=O)NC)Cn1cnc(C(F)(F)F)c(Oc2cc(Cl)cc(C#N)c2Cl)c1=O.CC. The van der Waals surface area contributed by atoms with E-state index in [1.54, 1.807) is 6.07 Å². The third-order valence-corrected chi connectivity index (χ3v) is 4.30. The van der Waals surface area contributed by atoms with Crippen LogP contribution >= 0.6 is 23.2 Å². The fourth-order valence-corrected chi connectivity index (χ4v) is 2.65. The predicted octanol–water partition coefficient (Wildman–Crippen LogP) is 5.12. The van der Waals surface area contributed by atoms with E-state index in [0.717, 1.165) is 16.7 Å². The number of nitrogens with zero attached hydrogens (tertiary/aromatic N) is 3. The Balaban J connectivity index is 0.00000265. The van der Waals surface area contributed by atoms with Crippen LogP contribution in [0.5, 0.6) is 11.5 Å². The lowest BCUT2D eigenvalue weighted by atomic mass is 10.2. The molecule has 1 N–H and O–H groups in total. The normalized spacial score (nSPS) is 10.8. The van der Waals surface area contributed by atoms with Crippen LogP contribution < -0.4 is 15.6 Å². The van der Waals surface area contributed by atoms with E-state index in [1.807, 2.05) is 13.8 Å². The van der Waals surface area contributed by atoms with Crippen molar-refractivity contribution >= 4 is 29.1 Å². The Kier molecular flexibility index (Phi) is 10.2. The maximum absolute atomic E-state index is 13.4. The zero-order valence-electron chi connectivity index (χ0n) is 17.8. The molecule has 0 aliphatic rings. The largest absolute Gasteiger partial charge is 0.448 e. The molecule has 0 aliphatic heterocycles. The van der Waals surface area contributed by atoms with E-state index < -0.39 is 34.8 Å². The Bertz CT molecular complexity index is 1170. The number of hydrogen-bond donors (Lipinski definition) is 1. The molecule has 7 nitrogen and oxygen atoms in total. The molecule has 0 aliphatic carbocycles. The molecule has 0 radical (unpaired) electrons. The van der Waals surface area contributed by atoms with Gasteiger partial charge in [0.05, 0.1) is 18.4 Å². The molecule has 2 aromatic rings. The van der Waals surface area contributed by atoms with E-state index in [9.17, 15) is 22.8 Å². The van der Waals surface area contributed by atoms with Crippen LogP contribution in [0, 0.1) is 11.3 Å². The molecule has 12 heteroatoms. The van der Waals surface area contributed by atoms with Crippen molar-refractivity contribution in [1.29, 1.82) is 5.26 Å². The fraction of sp³-hybridized carbons (Fsp3) is 0.238. The second kappa shape index (κ2) is 12.1. The number of rotatable bonds is 6. The molecule has 0 saturated carbocycles. The summed E-state index contributed by atoms with van der Waals surface area (Å²) >= 11 is 11.8. The number of hydrogen-bond acceptors (Lipinski definition) is 5. The number of allylic oxidation sites excluding steroid dienone is 2. The summed E-state index contributed by atoms with van der Waals surface area (Å²) in [6.45, 7) is 7.36. The highest BCUT2D eigenvalue weighted by molar-refractivity contribution is 6.35. The number of aromatic nitrogens is 2. The molecular formula is C21H19Cl2F3N4O3. The van der Waals surface area contributed by atoms with Gasteiger partial charge in [0.25, 0.3) is 5.56 Å². The third-order valence-electron chi connectivity index (χ3n) is 3.69. The minimum Gasteiger partial charge on any atom is -0.448 e. The summed E-state index contributed by atoms with van der Waals surface area (Å²) in [5, 5.41) is 11.0. The summed E-state index contributed by atoms with van der Waals surface area (Å²) in [6, 6.07) is 3.97. The molecule has 0 atom stereocenters. The quantitative estimate of drug-likeness (QED) is 0.436. The van der Waals surface area contributed by atoms with Gasteiger partial charge in [0.15, 0.2) is 5.69 Å². The zero-order chi connectivity index (χ0) is 25.3. The van der Waals surface area contributed by atoms with Gasteiger partial charge in [-0.05, 0) is 11.6 Å². The van der Waals surface area contributed by atoms with Crippen LogP contribution in [0.3, 0.4) is 0 Å². The number of benzene rings is 1. The van der Waals surface area contributed by atoms with Gasteiger partial charge in [-0.15, -0.1) is 0 Å². The molecule has 1 amide bonds. The number of nitriles is 1. The van der Waals surface area contributed by atoms with Gasteiger partial charge in [-0.1, -0.05) is 49.7 Å². The lowest BCUT2D eigenvalue weighted by Crippen LogP contribution is -2.26. The van der Waals surface area contributed by atoms with Gasteiger partial charge in [-0.3, -0.25) is 14.2 Å². The number of alkyl halides is 3. The van der Waals surface area contributed by atoms with Crippen LogP contribution in [0.25, 0.3) is 0 Å². The first-order valence-corrected chi connectivity index (χ1v) is 10.0. The van der Waals surface area contributed by atoms with Crippen molar-refractivity contribution in [3.63, 3.8) is 0 Å². The van der Waals surface area contributed by atoms with E-state index in [4.69, 9.17) is 33.2 Å². The summed E-state index contributed by atoms with van der Waals surface area (Å²) in [7, 11) is 1.40. The van der Waals surface area contributed by atoms with Crippen LogP contribution in [0.1, 0.15) is 25.1 Å². The Morgan fingerprint density at radius 1 is 1.33 bits per heavy atom. The first-order chi connectivity index (χ1) is 15.5. The molecule has 0 unspecified atom stereocenters. The monoisotopic (exact) mass is 502 g/mol. The first kappa shape index (κ1) is 27.7. The summed E-state index contributed by atoms with van der Waals surface area (Å²) in [4.78, 5) is 27.3. The second-order valence-electron chi connectivity index (χ2n) is 5.94. The number of halogens is 5. The molecule has 176 valence electrons. The van der Waals surface area contributed by atoms with Crippen molar-refractivity contribution < 1.29 is 22.7 Å². The topological polar surface area (TPSA) is 97.0 Å². The smallest absolute Gasteiger partial charge is 0.437 e. The Morgan fingerprint density at radius 3 is 2.52 bits per heavy atom. The summed E-state index contributed by atoms with van der Waals surface area (Å²) < 4.78 is 46.2. The van der Waals surface area contributed by atoms with Gasteiger partial charge in [-0.25, -0.2) is 4.98 Å². The third kappa shape index (κ3) is 7.37. The Hall–Kier alpha value is -3.29. The van der Waals surface area contributed by atoms with E-state index >= 15 is 0 Å². The van der Waals surface area contributed by atoms with E-state index in [-0.39, 0.29) is 27.7 Å². The van der Waals surface area contributed by atoms with Crippen LogP contribution in [-0.2, 0) is 17.5 Å². The van der Waals surface area contributed by atoms with Gasteiger partial charge in [0, 0.05) is 24.2 Å². The van der Waals surface area contributed by atoms with E-state index in [2.05, 4.69) is 16.9 Å². The highest BCUT2D eigenvalue weighted by atomic mass is 35.5. The highest BCUT2D eigenvalue weighted by Gasteiger charge is 2.39. The standard InChI is InChI=1S/C19H13Cl2F3N4O3.C2H6/c1-10(3-4-14(29)26-2)8-28-9-27-17(19(22,23)24)16(18(28)30)31-13-6-12(20)5-11(7-25)15(13)21;1-2/h3-6,9H,1,8H2,2H3,(H,26,29);1-2H3/b4-3-;. The Labute approximate surface area is 197 Å². The number of carbonyl (C=O) groups excluding carboxylic acids is 1. The predicted molar refractivity (Wildman–Crippen MR) is 118 cm³/mol. The van der Waals surface area contributed by atoms with E-state index in [0.29, 0.717) is 6.33 Å². The Morgan fingerprint density at radius 2 is 1.97 bits per heavy atom.